The normalized spacial score (nSPS) is 12.1. The second-order valence-corrected chi connectivity index (χ2v) is 6.55. The van der Waals surface area contributed by atoms with E-state index < -0.39 is 0 Å². The molecule has 0 saturated heterocycles. The zero-order chi connectivity index (χ0) is 16.9. The maximum atomic E-state index is 12.1. The molecule has 7 heteroatoms. The lowest BCUT2D eigenvalue weighted by molar-refractivity contribution is -0.117. The molecule has 3 rings (SSSR count). The Balaban J connectivity index is 1.59. The van der Waals surface area contributed by atoms with Crippen molar-refractivity contribution in [1.82, 2.24) is 20.2 Å². The monoisotopic (exact) mass is 341 g/mol. The lowest BCUT2D eigenvalue weighted by Gasteiger charge is -2.10. The molecular formula is C17H19N5OS. The molecule has 24 heavy (non-hydrogen) atoms. The molecule has 1 amide bonds. The summed E-state index contributed by atoms with van der Waals surface area (Å²) in [6.07, 6.45) is 1.09. The number of thiophene rings is 1. The van der Waals surface area contributed by atoms with Gasteiger partial charge in [-0.2, -0.15) is 4.80 Å². The Bertz CT molecular complexity index is 795. The number of carbonyl (C=O) groups excluding carboxylic acids is 1. The van der Waals surface area contributed by atoms with Crippen LogP contribution in [0.15, 0.2) is 41.8 Å². The Morgan fingerprint density at radius 1 is 1.29 bits per heavy atom. The highest BCUT2D eigenvalue weighted by Gasteiger charge is 2.10. The highest BCUT2D eigenvalue weighted by Crippen LogP contribution is 2.21. The molecular weight excluding hydrogens is 322 g/mol. The van der Waals surface area contributed by atoms with Crippen LogP contribution in [0.3, 0.4) is 0 Å². The molecule has 124 valence electrons. The Morgan fingerprint density at radius 2 is 2.08 bits per heavy atom. The second kappa shape index (κ2) is 7.35. The lowest BCUT2D eigenvalue weighted by atomic mass is 9.99. The van der Waals surface area contributed by atoms with Crippen molar-refractivity contribution < 1.29 is 4.79 Å². The topological polar surface area (TPSA) is 72.7 Å². The minimum atomic E-state index is -0.179. The van der Waals surface area contributed by atoms with E-state index in [1.165, 1.54) is 21.7 Å². The number of aromatic nitrogens is 4. The molecule has 0 fully saturated rings. The molecule has 0 bridgehead atoms. The van der Waals surface area contributed by atoms with Gasteiger partial charge in [0.2, 0.25) is 11.7 Å². The fourth-order valence-corrected chi connectivity index (χ4v) is 2.92. The van der Waals surface area contributed by atoms with Crippen molar-refractivity contribution in [3.8, 4) is 10.7 Å². The highest BCUT2D eigenvalue weighted by molar-refractivity contribution is 7.13. The first-order chi connectivity index (χ1) is 11.7. The van der Waals surface area contributed by atoms with Crippen molar-refractivity contribution in [2.75, 3.05) is 5.32 Å². The number of hydrogen-bond donors (Lipinski definition) is 1. The summed E-state index contributed by atoms with van der Waals surface area (Å²) in [5, 5.41) is 16.9. The van der Waals surface area contributed by atoms with Gasteiger partial charge in [0.15, 0.2) is 0 Å². The zero-order valence-corrected chi connectivity index (χ0v) is 14.5. The van der Waals surface area contributed by atoms with Gasteiger partial charge in [-0.1, -0.05) is 32.0 Å². The third kappa shape index (κ3) is 3.86. The Labute approximate surface area is 144 Å². The van der Waals surface area contributed by atoms with Gasteiger partial charge in [-0.15, -0.1) is 21.5 Å². The summed E-state index contributed by atoms with van der Waals surface area (Å²) < 4.78 is 0. The molecule has 2 aromatic heterocycles. The highest BCUT2D eigenvalue weighted by atomic mass is 32.1. The summed E-state index contributed by atoms with van der Waals surface area (Å²) in [5.74, 6) is 0.877. The number of anilines is 1. The van der Waals surface area contributed by atoms with E-state index in [-0.39, 0.29) is 12.5 Å². The number of nitrogens with zero attached hydrogens (tertiary/aromatic N) is 4. The average Bonchev–Trinajstić information content (AvgIpc) is 3.26. The summed E-state index contributed by atoms with van der Waals surface area (Å²) in [7, 11) is 0. The van der Waals surface area contributed by atoms with E-state index in [0.29, 0.717) is 11.7 Å². The van der Waals surface area contributed by atoms with Crippen LogP contribution in [-0.2, 0) is 11.3 Å². The molecule has 0 radical (unpaired) electrons. The van der Waals surface area contributed by atoms with Crippen molar-refractivity contribution in [3.63, 3.8) is 0 Å². The SMILES string of the molecule is CC[C@H](C)c1ccc(NC(=O)Cn2nnc(-c3cccs3)n2)cc1. The summed E-state index contributed by atoms with van der Waals surface area (Å²) in [6.45, 7) is 4.39. The van der Waals surface area contributed by atoms with Crippen molar-refractivity contribution in [3.05, 3.63) is 47.3 Å². The fourth-order valence-electron chi connectivity index (χ4n) is 2.27. The van der Waals surface area contributed by atoms with E-state index in [9.17, 15) is 4.79 Å². The Kier molecular flexibility index (Phi) is 5.00. The summed E-state index contributed by atoms with van der Waals surface area (Å²) >= 11 is 1.54. The molecule has 2 heterocycles. The van der Waals surface area contributed by atoms with Gasteiger partial charge < -0.3 is 5.32 Å². The standard InChI is InChI=1S/C17H19N5OS/c1-3-12(2)13-6-8-14(9-7-13)18-16(23)11-22-20-17(19-21-22)15-5-4-10-24-15/h4-10,12H,3,11H2,1-2H3,(H,18,23)/t12-/m0/s1. The van der Waals surface area contributed by atoms with Gasteiger partial charge in [0.1, 0.15) is 6.54 Å². The van der Waals surface area contributed by atoms with E-state index in [0.717, 1.165) is 17.0 Å². The van der Waals surface area contributed by atoms with Crippen LogP contribution >= 0.6 is 11.3 Å². The smallest absolute Gasteiger partial charge is 0.248 e. The van der Waals surface area contributed by atoms with Gasteiger partial charge in [-0.25, -0.2) is 0 Å². The van der Waals surface area contributed by atoms with Gasteiger partial charge in [-0.05, 0) is 46.7 Å². The van der Waals surface area contributed by atoms with Crippen molar-refractivity contribution in [2.24, 2.45) is 0 Å². The van der Waals surface area contributed by atoms with Crippen molar-refractivity contribution >= 4 is 22.9 Å². The van der Waals surface area contributed by atoms with Crippen molar-refractivity contribution in [2.45, 2.75) is 32.7 Å². The van der Waals surface area contributed by atoms with Crippen LogP contribution < -0.4 is 5.32 Å². The first-order valence-corrected chi connectivity index (χ1v) is 8.75. The fraction of sp³-hybridized carbons (Fsp3) is 0.294. The first-order valence-electron chi connectivity index (χ1n) is 7.87. The zero-order valence-electron chi connectivity index (χ0n) is 13.6. The molecule has 1 N–H and O–H groups in total. The first kappa shape index (κ1) is 16.3. The van der Waals surface area contributed by atoms with Gasteiger partial charge >= 0.3 is 0 Å². The molecule has 0 spiro atoms. The number of rotatable bonds is 6. The molecule has 6 nitrogen and oxygen atoms in total. The van der Waals surface area contributed by atoms with E-state index in [1.54, 1.807) is 0 Å². The van der Waals surface area contributed by atoms with Crippen LogP contribution in [0, 0.1) is 0 Å². The van der Waals surface area contributed by atoms with Crippen LogP contribution in [0.1, 0.15) is 31.7 Å². The van der Waals surface area contributed by atoms with Gasteiger partial charge in [0, 0.05) is 5.69 Å². The quantitative estimate of drug-likeness (QED) is 0.744. The maximum Gasteiger partial charge on any atom is 0.248 e. The number of hydrogen-bond acceptors (Lipinski definition) is 5. The van der Waals surface area contributed by atoms with Crippen LogP contribution in [0.25, 0.3) is 10.7 Å². The number of tetrazole rings is 1. The molecule has 3 aromatic rings. The number of carbonyl (C=O) groups is 1. The van der Waals surface area contributed by atoms with Crippen LogP contribution in [0.5, 0.6) is 0 Å². The average molecular weight is 341 g/mol. The van der Waals surface area contributed by atoms with Gasteiger partial charge in [0.25, 0.3) is 0 Å². The van der Waals surface area contributed by atoms with E-state index in [4.69, 9.17) is 0 Å². The van der Waals surface area contributed by atoms with Crippen LogP contribution in [0.2, 0.25) is 0 Å². The van der Waals surface area contributed by atoms with E-state index >= 15 is 0 Å². The molecule has 0 aliphatic heterocycles. The molecule has 0 aliphatic rings. The molecule has 0 aliphatic carbocycles. The van der Waals surface area contributed by atoms with E-state index in [1.807, 2.05) is 41.8 Å². The predicted octanol–water partition coefficient (Wildman–Crippen LogP) is 3.55. The van der Waals surface area contributed by atoms with Gasteiger partial charge in [-0.3, -0.25) is 4.79 Å². The summed E-state index contributed by atoms with van der Waals surface area (Å²) in [6, 6.07) is 11.8. The molecule has 0 unspecified atom stereocenters. The third-order valence-corrected chi connectivity index (χ3v) is 4.72. The van der Waals surface area contributed by atoms with Crippen molar-refractivity contribution in [1.29, 1.82) is 0 Å². The molecule has 0 saturated carbocycles. The van der Waals surface area contributed by atoms with Crippen LogP contribution in [-0.4, -0.2) is 26.1 Å². The number of benzene rings is 1. The number of amides is 1. The number of nitrogens with one attached hydrogen (secondary N) is 1. The second-order valence-electron chi connectivity index (χ2n) is 5.60. The predicted molar refractivity (Wildman–Crippen MR) is 94.9 cm³/mol. The minimum Gasteiger partial charge on any atom is -0.324 e. The summed E-state index contributed by atoms with van der Waals surface area (Å²) in [4.78, 5) is 14.4. The van der Waals surface area contributed by atoms with Crippen LogP contribution in [0.4, 0.5) is 5.69 Å². The Morgan fingerprint density at radius 3 is 2.75 bits per heavy atom. The maximum absolute atomic E-state index is 12.1. The Hall–Kier alpha value is -2.54. The largest absolute Gasteiger partial charge is 0.324 e. The third-order valence-electron chi connectivity index (χ3n) is 3.86. The lowest BCUT2D eigenvalue weighted by Crippen LogP contribution is -2.20. The van der Waals surface area contributed by atoms with E-state index in [2.05, 4.69) is 34.6 Å². The molecule has 1 aromatic carbocycles. The molecule has 1 atom stereocenters. The van der Waals surface area contributed by atoms with Gasteiger partial charge in [0.05, 0.1) is 4.88 Å². The minimum absolute atomic E-state index is 0.0332. The summed E-state index contributed by atoms with van der Waals surface area (Å²) in [5.41, 5.74) is 2.04.